The topological polar surface area (TPSA) is 69.4 Å². The number of carbonyl (C=O) groups excluding carboxylic acids is 1. The van der Waals surface area contributed by atoms with Crippen LogP contribution in [0.4, 0.5) is 10.1 Å². The molecule has 0 aliphatic heterocycles. The van der Waals surface area contributed by atoms with Gasteiger partial charge in [-0.15, -0.1) is 0 Å². The number of nitro benzene ring substituents is 1. The highest BCUT2D eigenvalue weighted by Gasteiger charge is 2.20. The minimum Gasteiger partial charge on any atom is -0.449 e. The average Bonchev–Trinajstić information content (AvgIpc) is 2.42. The minimum absolute atomic E-state index is 0.0226. The highest BCUT2D eigenvalue weighted by atomic mass is 35.5. The molecule has 2 aromatic rings. The van der Waals surface area contributed by atoms with Crippen molar-refractivity contribution in [2.24, 2.45) is 0 Å². The third-order valence-electron chi connectivity index (χ3n) is 2.55. The lowest BCUT2D eigenvalue weighted by atomic mass is 10.2. The number of nitrogens with zero attached hydrogens (tertiary/aromatic N) is 1. The van der Waals surface area contributed by atoms with Crippen molar-refractivity contribution in [1.29, 1.82) is 0 Å². The number of hydrogen-bond donors (Lipinski definition) is 0. The number of benzene rings is 2. The second kappa shape index (κ2) is 6.07. The first-order valence-corrected chi connectivity index (χ1v) is 6.24. The molecule has 0 aliphatic carbocycles. The molecule has 0 amide bonds. The Morgan fingerprint density at radius 3 is 2.48 bits per heavy atom. The SMILES string of the molecule is O=Cc1c(F)cccc1Oc1cc(Cl)c(Cl)cc1[N+](=O)[O-]. The van der Waals surface area contributed by atoms with Crippen LogP contribution in [0.3, 0.4) is 0 Å². The number of halogens is 3. The molecule has 5 nitrogen and oxygen atoms in total. The van der Waals surface area contributed by atoms with Crippen molar-refractivity contribution in [3.8, 4) is 11.5 Å². The van der Waals surface area contributed by atoms with Crippen LogP contribution in [0.2, 0.25) is 10.0 Å². The molecular weight excluding hydrogens is 324 g/mol. The van der Waals surface area contributed by atoms with E-state index in [2.05, 4.69) is 0 Å². The van der Waals surface area contributed by atoms with Gasteiger partial charge in [0.15, 0.2) is 6.29 Å². The van der Waals surface area contributed by atoms with Gasteiger partial charge in [-0.05, 0) is 12.1 Å². The standard InChI is InChI=1S/C13H6Cl2FNO4/c14-8-4-11(17(19)20)13(5-9(8)15)21-12-3-1-2-10(16)7(12)6-18/h1-6H. The van der Waals surface area contributed by atoms with E-state index in [-0.39, 0.29) is 33.4 Å². The van der Waals surface area contributed by atoms with E-state index >= 15 is 0 Å². The second-order valence-electron chi connectivity index (χ2n) is 3.86. The lowest BCUT2D eigenvalue weighted by Gasteiger charge is -2.09. The quantitative estimate of drug-likeness (QED) is 0.465. The molecule has 0 heterocycles. The van der Waals surface area contributed by atoms with Crippen LogP contribution in [0, 0.1) is 15.9 Å². The van der Waals surface area contributed by atoms with Crippen LogP contribution in [0.1, 0.15) is 10.4 Å². The Kier molecular flexibility index (Phi) is 4.40. The van der Waals surface area contributed by atoms with E-state index in [9.17, 15) is 19.3 Å². The summed E-state index contributed by atoms with van der Waals surface area (Å²) in [6.45, 7) is 0. The van der Waals surface area contributed by atoms with Crippen molar-refractivity contribution < 1.29 is 18.8 Å². The Morgan fingerprint density at radius 1 is 1.19 bits per heavy atom. The van der Waals surface area contributed by atoms with Gasteiger partial charge < -0.3 is 4.74 Å². The summed E-state index contributed by atoms with van der Waals surface area (Å²) in [4.78, 5) is 21.1. The van der Waals surface area contributed by atoms with Crippen molar-refractivity contribution in [2.45, 2.75) is 0 Å². The Bertz CT molecular complexity index is 736. The highest BCUT2D eigenvalue weighted by molar-refractivity contribution is 6.42. The highest BCUT2D eigenvalue weighted by Crippen LogP contribution is 2.38. The zero-order chi connectivity index (χ0) is 15.6. The molecule has 0 spiro atoms. The number of hydrogen-bond acceptors (Lipinski definition) is 4. The van der Waals surface area contributed by atoms with Crippen LogP contribution in [-0.4, -0.2) is 11.2 Å². The normalized spacial score (nSPS) is 10.2. The fourth-order valence-electron chi connectivity index (χ4n) is 1.58. The molecule has 0 saturated carbocycles. The van der Waals surface area contributed by atoms with Crippen molar-refractivity contribution in [3.05, 3.63) is 61.9 Å². The molecule has 0 radical (unpaired) electrons. The lowest BCUT2D eigenvalue weighted by Crippen LogP contribution is -1.97. The van der Waals surface area contributed by atoms with Gasteiger partial charge in [0.2, 0.25) is 5.75 Å². The molecule has 0 bridgehead atoms. The van der Waals surface area contributed by atoms with Gasteiger partial charge in [-0.2, -0.15) is 0 Å². The van der Waals surface area contributed by atoms with E-state index in [4.69, 9.17) is 27.9 Å². The first kappa shape index (κ1) is 15.2. The van der Waals surface area contributed by atoms with Crippen LogP contribution >= 0.6 is 23.2 Å². The van der Waals surface area contributed by atoms with E-state index < -0.39 is 16.4 Å². The predicted molar refractivity (Wildman–Crippen MR) is 75.0 cm³/mol. The number of carbonyl (C=O) groups is 1. The smallest absolute Gasteiger partial charge is 0.313 e. The van der Waals surface area contributed by atoms with E-state index in [1.54, 1.807) is 0 Å². The molecule has 2 rings (SSSR count). The minimum atomic E-state index is -0.801. The van der Waals surface area contributed by atoms with E-state index in [0.29, 0.717) is 0 Å². The fraction of sp³-hybridized carbons (Fsp3) is 0. The van der Waals surface area contributed by atoms with Gasteiger partial charge in [0.25, 0.3) is 0 Å². The van der Waals surface area contributed by atoms with Gasteiger partial charge in [0, 0.05) is 12.1 Å². The van der Waals surface area contributed by atoms with Gasteiger partial charge in [0.05, 0.1) is 20.5 Å². The molecule has 0 saturated heterocycles. The maximum absolute atomic E-state index is 13.5. The second-order valence-corrected chi connectivity index (χ2v) is 4.68. The number of ether oxygens (including phenoxy) is 1. The number of nitro groups is 1. The van der Waals surface area contributed by atoms with Crippen LogP contribution < -0.4 is 4.74 Å². The van der Waals surface area contributed by atoms with Crippen molar-refractivity contribution in [1.82, 2.24) is 0 Å². The van der Waals surface area contributed by atoms with Crippen LogP contribution in [-0.2, 0) is 0 Å². The molecule has 0 N–H and O–H groups in total. The first-order valence-electron chi connectivity index (χ1n) is 5.49. The van der Waals surface area contributed by atoms with E-state index in [1.165, 1.54) is 12.1 Å². The first-order chi connectivity index (χ1) is 9.93. The summed E-state index contributed by atoms with van der Waals surface area (Å²) in [5, 5.41) is 11.0. The van der Waals surface area contributed by atoms with E-state index in [1.807, 2.05) is 0 Å². The van der Waals surface area contributed by atoms with Crippen molar-refractivity contribution >= 4 is 35.2 Å². The Morgan fingerprint density at radius 2 is 1.86 bits per heavy atom. The zero-order valence-electron chi connectivity index (χ0n) is 10.2. The largest absolute Gasteiger partial charge is 0.449 e. The number of rotatable bonds is 4. The van der Waals surface area contributed by atoms with Gasteiger partial charge >= 0.3 is 5.69 Å². The molecule has 2 aromatic carbocycles. The van der Waals surface area contributed by atoms with E-state index in [0.717, 1.165) is 18.2 Å². The molecule has 8 heteroatoms. The maximum Gasteiger partial charge on any atom is 0.313 e. The summed E-state index contributed by atoms with van der Waals surface area (Å²) in [6.07, 6.45) is 0.258. The van der Waals surface area contributed by atoms with Gasteiger partial charge in [-0.3, -0.25) is 14.9 Å². The van der Waals surface area contributed by atoms with Crippen molar-refractivity contribution in [2.75, 3.05) is 0 Å². The van der Waals surface area contributed by atoms with Crippen LogP contribution in [0.5, 0.6) is 11.5 Å². The fourth-order valence-corrected chi connectivity index (χ4v) is 1.89. The van der Waals surface area contributed by atoms with Crippen LogP contribution in [0.15, 0.2) is 30.3 Å². The zero-order valence-corrected chi connectivity index (χ0v) is 11.7. The summed E-state index contributed by atoms with van der Waals surface area (Å²) in [6, 6.07) is 5.82. The molecule has 21 heavy (non-hydrogen) atoms. The summed E-state index contributed by atoms with van der Waals surface area (Å²) in [5.41, 5.74) is -0.802. The van der Waals surface area contributed by atoms with Crippen molar-refractivity contribution in [3.63, 3.8) is 0 Å². The molecular formula is C13H6Cl2FNO4. The van der Waals surface area contributed by atoms with Gasteiger partial charge in [-0.1, -0.05) is 29.3 Å². The summed E-state index contributed by atoms with van der Waals surface area (Å²) >= 11 is 11.5. The van der Waals surface area contributed by atoms with Gasteiger partial charge in [0.1, 0.15) is 11.6 Å². The summed E-state index contributed by atoms with van der Waals surface area (Å²) in [7, 11) is 0. The van der Waals surface area contributed by atoms with Gasteiger partial charge in [-0.25, -0.2) is 4.39 Å². The molecule has 108 valence electrons. The summed E-state index contributed by atoms with van der Waals surface area (Å²) < 4.78 is 18.7. The molecule has 0 aromatic heterocycles. The Balaban J connectivity index is 2.54. The molecule has 0 unspecified atom stereocenters. The summed E-state index contributed by atoms with van der Waals surface area (Å²) in [5.74, 6) is -1.21. The molecule has 0 aliphatic rings. The monoisotopic (exact) mass is 329 g/mol. The third-order valence-corrected chi connectivity index (χ3v) is 3.27. The van der Waals surface area contributed by atoms with Crippen LogP contribution in [0.25, 0.3) is 0 Å². The predicted octanol–water partition coefficient (Wildman–Crippen LogP) is 4.65. The molecule has 0 atom stereocenters. The maximum atomic E-state index is 13.5. The third kappa shape index (κ3) is 3.12. The lowest BCUT2D eigenvalue weighted by molar-refractivity contribution is -0.385. The Hall–Kier alpha value is -2.18. The molecule has 0 fully saturated rings. The average molecular weight is 330 g/mol. The Labute approximate surface area is 128 Å². The number of aldehydes is 1.